The molecule has 0 aliphatic carbocycles. The Kier molecular flexibility index (Phi) is 3.67. The van der Waals surface area contributed by atoms with Crippen molar-refractivity contribution in [3.63, 3.8) is 0 Å². The first-order valence-electron chi connectivity index (χ1n) is 5.99. The minimum Gasteiger partial charge on any atom is -0.479 e. The lowest BCUT2D eigenvalue weighted by Crippen LogP contribution is -2.46. The predicted molar refractivity (Wildman–Crippen MR) is 72.3 cm³/mol. The second-order valence-corrected chi connectivity index (χ2v) is 4.64. The fraction of sp³-hybridized carbons (Fsp3) is 0.214. The summed E-state index contributed by atoms with van der Waals surface area (Å²) in [5.41, 5.74) is -0.944. The van der Waals surface area contributed by atoms with Gasteiger partial charge in [-0.2, -0.15) is 0 Å². The van der Waals surface area contributed by atoms with Gasteiger partial charge >= 0.3 is 5.97 Å². The van der Waals surface area contributed by atoms with Crippen molar-refractivity contribution in [2.45, 2.75) is 12.5 Å². The van der Waals surface area contributed by atoms with Gasteiger partial charge in [-0.1, -0.05) is 12.1 Å². The summed E-state index contributed by atoms with van der Waals surface area (Å²) in [4.78, 5) is 27.0. The highest BCUT2D eigenvalue weighted by atomic mass is 16.4. The summed E-state index contributed by atoms with van der Waals surface area (Å²) < 4.78 is 0. The molecule has 2 rings (SSSR count). The summed E-state index contributed by atoms with van der Waals surface area (Å²) >= 11 is 0. The minimum absolute atomic E-state index is 0.377. The van der Waals surface area contributed by atoms with Crippen LogP contribution < -0.4 is 5.32 Å². The number of fused-ring (bicyclic) bond motifs is 1. The summed E-state index contributed by atoms with van der Waals surface area (Å²) in [6.45, 7) is 0.748. The van der Waals surface area contributed by atoms with Crippen LogP contribution in [0.15, 0.2) is 36.5 Å². The molecule has 0 spiro atoms. The standard InChI is InChI=1S/C14H14N2O4/c1-14(20,13(18)19)8-16-12(17)10-4-2-6-11-9(10)5-3-7-15-11/h2-7,20H,8H2,1H3,(H,16,17)(H,18,19). The van der Waals surface area contributed by atoms with Gasteiger partial charge < -0.3 is 15.5 Å². The number of carbonyl (C=O) groups excluding carboxylic acids is 1. The second-order valence-electron chi connectivity index (χ2n) is 4.64. The Morgan fingerprint density at radius 1 is 1.30 bits per heavy atom. The van der Waals surface area contributed by atoms with Gasteiger partial charge in [0.05, 0.1) is 12.1 Å². The fourth-order valence-electron chi connectivity index (χ4n) is 1.72. The number of aliphatic carboxylic acids is 1. The number of nitrogens with zero attached hydrogens (tertiary/aromatic N) is 1. The predicted octanol–water partition coefficient (Wildman–Crippen LogP) is 0.800. The molecule has 0 aliphatic heterocycles. The van der Waals surface area contributed by atoms with Gasteiger partial charge in [0.15, 0.2) is 5.60 Å². The topological polar surface area (TPSA) is 99.5 Å². The molecule has 6 heteroatoms. The van der Waals surface area contributed by atoms with E-state index in [4.69, 9.17) is 5.11 Å². The average Bonchev–Trinajstić information content (AvgIpc) is 2.44. The van der Waals surface area contributed by atoms with Gasteiger partial charge in [0.25, 0.3) is 5.91 Å². The van der Waals surface area contributed by atoms with Crippen molar-refractivity contribution in [1.82, 2.24) is 10.3 Å². The van der Waals surface area contributed by atoms with Crippen LogP contribution in [-0.4, -0.2) is 39.2 Å². The van der Waals surface area contributed by atoms with Crippen LogP contribution in [0.4, 0.5) is 0 Å². The zero-order valence-electron chi connectivity index (χ0n) is 10.8. The number of nitrogens with one attached hydrogen (secondary N) is 1. The molecule has 104 valence electrons. The number of aromatic nitrogens is 1. The number of carboxylic acids is 1. The van der Waals surface area contributed by atoms with E-state index in [0.717, 1.165) is 6.92 Å². The lowest BCUT2D eigenvalue weighted by Gasteiger charge is -2.18. The van der Waals surface area contributed by atoms with Gasteiger partial charge in [-0.05, 0) is 25.1 Å². The highest BCUT2D eigenvalue weighted by molar-refractivity contribution is 6.06. The molecule has 2 aromatic rings. The first-order valence-corrected chi connectivity index (χ1v) is 5.99. The van der Waals surface area contributed by atoms with Crippen LogP contribution in [0.1, 0.15) is 17.3 Å². The number of benzene rings is 1. The molecule has 1 heterocycles. The second kappa shape index (κ2) is 5.26. The quantitative estimate of drug-likeness (QED) is 0.765. The Morgan fingerprint density at radius 3 is 2.75 bits per heavy atom. The van der Waals surface area contributed by atoms with Crippen molar-refractivity contribution in [3.05, 3.63) is 42.1 Å². The van der Waals surface area contributed by atoms with Crippen LogP contribution in [0.25, 0.3) is 10.9 Å². The molecule has 0 saturated carbocycles. The maximum Gasteiger partial charge on any atom is 0.337 e. The van der Waals surface area contributed by atoms with E-state index < -0.39 is 17.5 Å². The first-order chi connectivity index (χ1) is 9.42. The number of amides is 1. The Morgan fingerprint density at radius 2 is 2.05 bits per heavy atom. The molecule has 0 bridgehead atoms. The average molecular weight is 274 g/mol. The van der Waals surface area contributed by atoms with E-state index in [2.05, 4.69) is 10.3 Å². The summed E-state index contributed by atoms with van der Waals surface area (Å²) in [5.74, 6) is -1.84. The number of hydrogen-bond acceptors (Lipinski definition) is 4. The molecule has 1 unspecified atom stereocenters. The summed E-state index contributed by atoms with van der Waals surface area (Å²) in [6.07, 6.45) is 1.62. The molecule has 1 amide bonds. The molecular formula is C14H14N2O4. The van der Waals surface area contributed by atoms with Crippen LogP contribution in [0, 0.1) is 0 Å². The number of aliphatic hydroxyl groups is 1. The smallest absolute Gasteiger partial charge is 0.337 e. The molecule has 0 saturated heterocycles. The molecule has 1 atom stereocenters. The van der Waals surface area contributed by atoms with E-state index >= 15 is 0 Å². The van der Waals surface area contributed by atoms with Crippen molar-refractivity contribution in [2.24, 2.45) is 0 Å². The van der Waals surface area contributed by atoms with Crippen LogP contribution in [0.3, 0.4) is 0 Å². The highest BCUT2D eigenvalue weighted by Crippen LogP contribution is 2.16. The van der Waals surface area contributed by atoms with E-state index in [-0.39, 0.29) is 6.54 Å². The zero-order valence-corrected chi connectivity index (χ0v) is 10.8. The Bertz CT molecular complexity index is 662. The molecule has 1 aromatic heterocycles. The summed E-state index contributed by atoms with van der Waals surface area (Å²) in [6, 6.07) is 8.56. The minimum atomic E-state index is -2.00. The van der Waals surface area contributed by atoms with E-state index in [1.165, 1.54) is 0 Å². The van der Waals surface area contributed by atoms with Crippen LogP contribution in [-0.2, 0) is 4.79 Å². The van der Waals surface area contributed by atoms with Crippen molar-refractivity contribution in [2.75, 3.05) is 6.54 Å². The Hall–Kier alpha value is -2.47. The fourth-order valence-corrected chi connectivity index (χ4v) is 1.72. The lowest BCUT2D eigenvalue weighted by molar-refractivity contribution is -0.155. The van der Waals surface area contributed by atoms with Gasteiger partial charge in [0.2, 0.25) is 0 Å². The summed E-state index contributed by atoms with van der Waals surface area (Å²) in [7, 11) is 0. The third kappa shape index (κ3) is 2.75. The highest BCUT2D eigenvalue weighted by Gasteiger charge is 2.30. The van der Waals surface area contributed by atoms with Gasteiger partial charge in [0, 0.05) is 17.1 Å². The van der Waals surface area contributed by atoms with Crippen molar-refractivity contribution >= 4 is 22.8 Å². The van der Waals surface area contributed by atoms with Gasteiger partial charge in [-0.3, -0.25) is 9.78 Å². The molecule has 1 aromatic carbocycles. The Balaban J connectivity index is 2.22. The molecule has 3 N–H and O–H groups in total. The van der Waals surface area contributed by atoms with E-state index in [9.17, 15) is 14.7 Å². The van der Waals surface area contributed by atoms with Crippen LogP contribution in [0.2, 0.25) is 0 Å². The summed E-state index contributed by atoms with van der Waals surface area (Å²) in [5, 5.41) is 21.4. The maximum absolute atomic E-state index is 12.1. The lowest BCUT2D eigenvalue weighted by atomic mass is 10.1. The number of pyridine rings is 1. The molecule has 6 nitrogen and oxygen atoms in total. The Labute approximate surface area is 115 Å². The van der Waals surface area contributed by atoms with E-state index in [1.807, 2.05) is 0 Å². The van der Waals surface area contributed by atoms with Crippen molar-refractivity contribution < 1.29 is 19.8 Å². The molecule has 20 heavy (non-hydrogen) atoms. The number of hydrogen-bond donors (Lipinski definition) is 3. The van der Waals surface area contributed by atoms with Crippen molar-refractivity contribution in [1.29, 1.82) is 0 Å². The van der Waals surface area contributed by atoms with Gasteiger partial charge in [0.1, 0.15) is 0 Å². The first kappa shape index (κ1) is 14.0. The maximum atomic E-state index is 12.1. The number of carboxylic acid groups (broad SMARTS) is 1. The molecule has 0 aliphatic rings. The number of rotatable bonds is 4. The van der Waals surface area contributed by atoms with E-state index in [1.54, 1.807) is 36.5 Å². The molecule has 0 fully saturated rings. The van der Waals surface area contributed by atoms with Gasteiger partial charge in [-0.15, -0.1) is 0 Å². The largest absolute Gasteiger partial charge is 0.479 e. The van der Waals surface area contributed by atoms with Crippen LogP contribution >= 0.6 is 0 Å². The SMILES string of the molecule is CC(O)(CNC(=O)c1cccc2ncccc12)C(=O)O. The normalized spacial score (nSPS) is 13.7. The zero-order chi connectivity index (χ0) is 14.8. The van der Waals surface area contributed by atoms with E-state index in [0.29, 0.717) is 16.5 Å². The van der Waals surface area contributed by atoms with Crippen molar-refractivity contribution in [3.8, 4) is 0 Å². The number of carbonyl (C=O) groups is 2. The molecule has 0 radical (unpaired) electrons. The third-order valence-electron chi connectivity index (χ3n) is 2.94. The third-order valence-corrected chi connectivity index (χ3v) is 2.94. The molecular weight excluding hydrogens is 260 g/mol. The van der Waals surface area contributed by atoms with Gasteiger partial charge in [-0.25, -0.2) is 4.79 Å². The monoisotopic (exact) mass is 274 g/mol. The van der Waals surface area contributed by atoms with Crippen LogP contribution in [0.5, 0.6) is 0 Å².